The molecule has 3 fully saturated rings. The first-order valence-corrected chi connectivity index (χ1v) is 9.16. The Balaban J connectivity index is 1.43. The van der Waals surface area contributed by atoms with Crippen LogP contribution in [0.2, 0.25) is 0 Å². The van der Waals surface area contributed by atoms with Crippen LogP contribution in [0.25, 0.3) is 0 Å². The van der Waals surface area contributed by atoms with Gasteiger partial charge in [0.2, 0.25) is 17.5 Å². The van der Waals surface area contributed by atoms with Crippen molar-refractivity contribution in [3.8, 4) is 0 Å². The first kappa shape index (κ1) is 17.1. The summed E-state index contributed by atoms with van der Waals surface area (Å²) in [6.45, 7) is 2.81. The molecule has 0 aromatic heterocycles. The van der Waals surface area contributed by atoms with Gasteiger partial charge in [0.25, 0.3) is 0 Å². The second-order valence-electron chi connectivity index (χ2n) is 7.21. The lowest BCUT2D eigenvalue weighted by molar-refractivity contribution is -0.663. The van der Waals surface area contributed by atoms with Crippen molar-refractivity contribution >= 4 is 5.91 Å². The molecule has 0 atom stereocenters. The molecule has 1 saturated heterocycles. The van der Waals surface area contributed by atoms with Gasteiger partial charge in [0, 0.05) is 38.6 Å². The summed E-state index contributed by atoms with van der Waals surface area (Å²) in [6.07, 6.45) is 9.75. The van der Waals surface area contributed by atoms with Crippen LogP contribution < -0.4 is 5.32 Å². The van der Waals surface area contributed by atoms with Crippen LogP contribution in [0.3, 0.4) is 0 Å². The maximum absolute atomic E-state index is 11.8. The predicted octanol–water partition coefficient (Wildman–Crippen LogP) is 3.36. The molecule has 1 amide bonds. The average Bonchev–Trinajstić information content (AvgIpc) is 2.59. The highest BCUT2D eigenvalue weighted by Crippen LogP contribution is 2.45. The predicted molar refractivity (Wildman–Crippen MR) is 82.8 cm³/mol. The fraction of sp³-hybridized carbons (Fsp3) is 0.941. The largest absolute Gasteiger partial charge is 0.356 e. The Labute approximate surface area is 138 Å². The monoisotopic (exact) mass is 327 g/mol. The van der Waals surface area contributed by atoms with E-state index in [4.69, 9.17) is 19.6 Å². The van der Waals surface area contributed by atoms with Gasteiger partial charge >= 0.3 is 0 Å². The molecular weight excluding hydrogens is 298 g/mol. The van der Waals surface area contributed by atoms with Gasteiger partial charge in [0.15, 0.2) is 0 Å². The van der Waals surface area contributed by atoms with Crippen molar-refractivity contribution in [1.82, 2.24) is 5.32 Å². The molecule has 0 aromatic rings. The zero-order valence-corrected chi connectivity index (χ0v) is 14.1. The minimum Gasteiger partial charge on any atom is -0.356 e. The molecule has 0 radical (unpaired) electrons. The minimum absolute atomic E-state index is 0.145. The quantitative estimate of drug-likeness (QED) is 0.802. The lowest BCUT2D eigenvalue weighted by Gasteiger charge is -2.46. The van der Waals surface area contributed by atoms with Gasteiger partial charge in [-0.05, 0) is 38.0 Å². The Hall–Kier alpha value is -0.690. The first-order chi connectivity index (χ1) is 11.2. The Morgan fingerprint density at radius 2 is 1.52 bits per heavy atom. The lowest BCUT2D eigenvalue weighted by Crippen LogP contribution is -2.52. The fourth-order valence-corrected chi connectivity index (χ4v) is 3.68. The number of rotatable bonds is 4. The topological polar surface area (TPSA) is 66.0 Å². The van der Waals surface area contributed by atoms with E-state index in [-0.39, 0.29) is 5.91 Å². The van der Waals surface area contributed by atoms with Gasteiger partial charge in [-0.1, -0.05) is 13.3 Å². The summed E-state index contributed by atoms with van der Waals surface area (Å²) in [5.74, 6) is -0.943. The molecule has 2 saturated carbocycles. The van der Waals surface area contributed by atoms with Gasteiger partial charge < -0.3 is 5.32 Å². The van der Waals surface area contributed by atoms with Gasteiger partial charge in [-0.3, -0.25) is 4.79 Å². The van der Waals surface area contributed by atoms with Crippen molar-refractivity contribution in [2.24, 2.45) is 5.92 Å². The molecule has 1 N–H and O–H groups in total. The summed E-state index contributed by atoms with van der Waals surface area (Å²) in [4.78, 5) is 34.4. The molecule has 6 nitrogen and oxygen atoms in total. The van der Waals surface area contributed by atoms with Gasteiger partial charge in [-0.25, -0.2) is 0 Å². The molecule has 0 bridgehead atoms. The summed E-state index contributed by atoms with van der Waals surface area (Å²) >= 11 is 0. The molecule has 23 heavy (non-hydrogen) atoms. The second kappa shape index (κ2) is 7.47. The summed E-state index contributed by atoms with van der Waals surface area (Å²) in [5.41, 5.74) is 0. The first-order valence-electron chi connectivity index (χ1n) is 9.16. The number of amides is 1. The van der Waals surface area contributed by atoms with Crippen molar-refractivity contribution in [3.63, 3.8) is 0 Å². The summed E-state index contributed by atoms with van der Waals surface area (Å²) in [5, 5.41) is 2.94. The van der Waals surface area contributed by atoms with E-state index in [1.54, 1.807) is 0 Å². The molecule has 1 heterocycles. The van der Waals surface area contributed by atoms with Crippen molar-refractivity contribution in [1.29, 1.82) is 0 Å². The van der Waals surface area contributed by atoms with Crippen LogP contribution in [0.15, 0.2) is 0 Å². The zero-order chi connectivity index (χ0) is 16.2. The van der Waals surface area contributed by atoms with E-state index in [0.717, 1.165) is 51.5 Å². The third-order valence-electron chi connectivity index (χ3n) is 5.22. The maximum Gasteiger partial charge on any atom is 0.234 e. The van der Waals surface area contributed by atoms with E-state index in [9.17, 15) is 4.79 Å². The number of hydrogen-bond acceptors (Lipinski definition) is 5. The van der Waals surface area contributed by atoms with Gasteiger partial charge in [0.1, 0.15) is 0 Å². The van der Waals surface area contributed by atoms with Crippen LogP contribution in [0.4, 0.5) is 0 Å². The normalized spacial score (nSPS) is 27.2. The number of carbonyl (C=O) groups is 1. The van der Waals surface area contributed by atoms with Gasteiger partial charge in [0.05, 0.1) is 0 Å². The maximum atomic E-state index is 11.8. The Kier molecular flexibility index (Phi) is 5.57. The highest BCUT2D eigenvalue weighted by molar-refractivity contribution is 5.76. The molecular formula is C17H29NO5. The second-order valence-corrected chi connectivity index (χ2v) is 7.21. The van der Waals surface area contributed by atoms with Crippen molar-refractivity contribution < 1.29 is 24.3 Å². The van der Waals surface area contributed by atoms with E-state index in [0.29, 0.717) is 25.2 Å². The van der Waals surface area contributed by atoms with Gasteiger partial charge in [-0.15, -0.1) is 0 Å². The smallest absolute Gasteiger partial charge is 0.234 e. The molecule has 3 rings (SSSR count). The van der Waals surface area contributed by atoms with E-state index < -0.39 is 11.6 Å². The summed E-state index contributed by atoms with van der Waals surface area (Å²) in [6, 6.07) is 0. The molecule has 2 spiro atoms. The van der Waals surface area contributed by atoms with Crippen molar-refractivity contribution in [2.45, 2.75) is 89.1 Å². The van der Waals surface area contributed by atoms with E-state index >= 15 is 0 Å². The van der Waals surface area contributed by atoms with Crippen molar-refractivity contribution in [3.05, 3.63) is 0 Å². The molecule has 0 aromatic carbocycles. The highest BCUT2D eigenvalue weighted by atomic mass is 17.4. The number of hydrogen-bond donors (Lipinski definition) is 1. The Morgan fingerprint density at radius 3 is 2.09 bits per heavy atom. The molecule has 3 aliphatic rings. The Bertz CT molecular complexity index is 388. The van der Waals surface area contributed by atoms with Crippen LogP contribution in [-0.4, -0.2) is 24.0 Å². The average molecular weight is 327 g/mol. The summed E-state index contributed by atoms with van der Waals surface area (Å²) in [7, 11) is 0. The molecule has 1 aliphatic heterocycles. The van der Waals surface area contributed by atoms with Crippen LogP contribution in [0.5, 0.6) is 0 Å². The minimum atomic E-state index is -0.779. The van der Waals surface area contributed by atoms with Crippen molar-refractivity contribution in [2.75, 3.05) is 6.54 Å². The SMILES string of the molecule is CCCNC(=O)CC1CCC2(CC1)OOC1(CCCCC1)OO2. The fourth-order valence-electron chi connectivity index (χ4n) is 3.68. The number of nitrogens with one attached hydrogen (secondary N) is 1. The molecule has 132 valence electrons. The highest BCUT2D eigenvalue weighted by Gasteiger charge is 2.50. The molecule has 6 heteroatoms. The van der Waals surface area contributed by atoms with E-state index in [2.05, 4.69) is 12.2 Å². The van der Waals surface area contributed by atoms with Gasteiger partial charge in [-0.2, -0.15) is 19.6 Å². The van der Waals surface area contributed by atoms with E-state index in [1.165, 1.54) is 6.42 Å². The van der Waals surface area contributed by atoms with E-state index in [1.807, 2.05) is 0 Å². The molecule has 2 aliphatic carbocycles. The Morgan fingerprint density at radius 1 is 0.957 bits per heavy atom. The number of carbonyl (C=O) groups excluding carboxylic acids is 1. The third kappa shape index (κ3) is 4.24. The zero-order valence-electron chi connectivity index (χ0n) is 14.1. The van der Waals surface area contributed by atoms with Crippen LogP contribution in [-0.2, 0) is 24.3 Å². The third-order valence-corrected chi connectivity index (χ3v) is 5.22. The van der Waals surface area contributed by atoms with Crippen LogP contribution in [0.1, 0.15) is 77.6 Å². The molecule has 0 unspecified atom stereocenters. The lowest BCUT2D eigenvalue weighted by atomic mass is 9.83. The van der Waals surface area contributed by atoms with Crippen LogP contribution >= 0.6 is 0 Å². The van der Waals surface area contributed by atoms with Crippen LogP contribution in [0, 0.1) is 5.92 Å². The standard InChI is InChI=1S/C17H29NO5/c1-2-12-18-15(19)13-14-6-10-17(11-7-14)22-20-16(21-23-17)8-4-3-5-9-16/h14H,2-13H2,1H3,(H,18,19). The summed E-state index contributed by atoms with van der Waals surface area (Å²) < 4.78 is 0.